The quantitative estimate of drug-likeness (QED) is 0.543. The molecule has 0 bridgehead atoms. The first-order valence-corrected chi connectivity index (χ1v) is 4.54. The molecule has 14 heavy (non-hydrogen) atoms. The molecular weight excluding hydrogens is 231 g/mol. The van der Waals surface area contributed by atoms with Crippen molar-refractivity contribution < 1.29 is 36.2 Å². The zero-order chi connectivity index (χ0) is 11.4. The van der Waals surface area contributed by atoms with Gasteiger partial charge in [0.1, 0.15) is 6.61 Å². The number of rotatable bonds is 5. The van der Waals surface area contributed by atoms with Gasteiger partial charge in [0.25, 0.3) is 8.03 Å². The number of carbonyl (C=O) groups is 1. The van der Waals surface area contributed by atoms with Crippen LogP contribution in [0.2, 0.25) is 0 Å². The summed E-state index contributed by atoms with van der Waals surface area (Å²) in [6.07, 6.45) is -3.94. The standard InChI is InChI=1S/C5H7F4O4P/c1-12-4(10)14(11)13-2-5(8,9)3(6)7/h3,14H,2H2,1H3. The Morgan fingerprint density at radius 2 is 2.00 bits per heavy atom. The summed E-state index contributed by atoms with van der Waals surface area (Å²) in [5.74, 6) is -4.42. The predicted molar refractivity (Wildman–Crippen MR) is 38.3 cm³/mol. The summed E-state index contributed by atoms with van der Waals surface area (Å²) >= 11 is 0. The minimum absolute atomic E-state index is 0.861. The van der Waals surface area contributed by atoms with Gasteiger partial charge in [-0.15, -0.1) is 0 Å². The molecule has 0 aromatic rings. The Morgan fingerprint density at radius 3 is 2.36 bits per heavy atom. The van der Waals surface area contributed by atoms with Crippen molar-refractivity contribution in [3.63, 3.8) is 0 Å². The Morgan fingerprint density at radius 1 is 1.50 bits per heavy atom. The molecule has 1 atom stereocenters. The fraction of sp³-hybridized carbons (Fsp3) is 0.800. The molecule has 1 unspecified atom stereocenters. The normalized spacial score (nSPS) is 14.1. The first kappa shape index (κ1) is 13.4. The summed E-state index contributed by atoms with van der Waals surface area (Å²) in [6.45, 7) is -1.78. The Hall–Kier alpha value is -0.620. The molecule has 0 N–H and O–H groups in total. The van der Waals surface area contributed by atoms with Gasteiger partial charge >= 0.3 is 18.1 Å². The SMILES string of the molecule is COC(=O)[PH](=O)OCC(F)(F)C(F)F. The van der Waals surface area contributed by atoms with E-state index in [0.717, 1.165) is 7.11 Å². The molecule has 0 radical (unpaired) electrons. The van der Waals surface area contributed by atoms with E-state index in [1.807, 2.05) is 0 Å². The average Bonchev–Trinajstić information content (AvgIpc) is 2.12. The van der Waals surface area contributed by atoms with Crippen LogP contribution >= 0.6 is 8.03 Å². The summed E-state index contributed by atoms with van der Waals surface area (Å²) in [4.78, 5) is 10.4. The number of hydrogen-bond acceptors (Lipinski definition) is 4. The average molecular weight is 238 g/mol. The van der Waals surface area contributed by atoms with Gasteiger partial charge in [-0.1, -0.05) is 0 Å². The summed E-state index contributed by atoms with van der Waals surface area (Å²) in [6, 6.07) is 0. The third-order valence-corrected chi connectivity index (χ3v) is 2.01. The van der Waals surface area contributed by atoms with E-state index in [2.05, 4.69) is 9.26 Å². The van der Waals surface area contributed by atoms with Crippen LogP contribution in [-0.4, -0.2) is 31.8 Å². The van der Waals surface area contributed by atoms with Crippen LogP contribution < -0.4 is 0 Å². The predicted octanol–water partition coefficient (Wildman–Crippen LogP) is 2.14. The van der Waals surface area contributed by atoms with Gasteiger partial charge in [-0.05, 0) is 0 Å². The number of hydrogen-bond donors (Lipinski definition) is 0. The van der Waals surface area contributed by atoms with E-state index in [9.17, 15) is 26.9 Å². The summed E-state index contributed by atoms with van der Waals surface area (Å²) in [7, 11) is -2.65. The molecule has 0 rings (SSSR count). The van der Waals surface area contributed by atoms with Gasteiger partial charge < -0.3 is 9.26 Å². The highest BCUT2D eigenvalue weighted by Crippen LogP contribution is 2.30. The van der Waals surface area contributed by atoms with Crippen molar-refractivity contribution in [3.05, 3.63) is 0 Å². The van der Waals surface area contributed by atoms with Gasteiger partial charge in [0.2, 0.25) is 0 Å². The minimum Gasteiger partial charge on any atom is -0.462 e. The molecule has 0 aliphatic carbocycles. The molecule has 9 heteroatoms. The molecule has 84 valence electrons. The molecule has 0 fully saturated rings. The number of halogens is 4. The third kappa shape index (κ3) is 4.06. The van der Waals surface area contributed by atoms with Crippen LogP contribution in [0, 0.1) is 0 Å². The van der Waals surface area contributed by atoms with E-state index in [-0.39, 0.29) is 0 Å². The van der Waals surface area contributed by atoms with Crippen LogP contribution in [-0.2, 0) is 13.8 Å². The number of ether oxygens (including phenoxy) is 1. The minimum atomic E-state index is -4.42. The molecule has 0 aliphatic heterocycles. The second kappa shape index (κ2) is 5.31. The monoisotopic (exact) mass is 238 g/mol. The second-order valence-corrected chi connectivity index (χ2v) is 3.40. The van der Waals surface area contributed by atoms with Crippen molar-refractivity contribution in [3.8, 4) is 0 Å². The molecule has 0 heterocycles. The Kier molecular flexibility index (Phi) is 5.07. The molecule has 0 saturated carbocycles. The van der Waals surface area contributed by atoms with Crippen LogP contribution in [0.1, 0.15) is 0 Å². The van der Waals surface area contributed by atoms with Crippen molar-refractivity contribution in [2.75, 3.05) is 13.7 Å². The Labute approximate surface area is 77.0 Å². The zero-order valence-electron chi connectivity index (χ0n) is 6.93. The topological polar surface area (TPSA) is 52.6 Å². The molecular formula is C5H7F4O4P. The summed E-state index contributed by atoms with van der Waals surface area (Å²) in [5, 5.41) is 0. The van der Waals surface area contributed by atoms with Gasteiger partial charge in [0.05, 0.1) is 7.11 Å². The third-order valence-electron chi connectivity index (χ3n) is 1.07. The van der Waals surface area contributed by atoms with Gasteiger partial charge in [0.15, 0.2) is 0 Å². The van der Waals surface area contributed by atoms with E-state index in [4.69, 9.17) is 0 Å². The van der Waals surface area contributed by atoms with Gasteiger partial charge in [-0.2, -0.15) is 8.78 Å². The van der Waals surface area contributed by atoms with Crippen molar-refractivity contribution in [1.82, 2.24) is 0 Å². The molecule has 0 amide bonds. The van der Waals surface area contributed by atoms with E-state index < -0.39 is 32.7 Å². The van der Waals surface area contributed by atoms with Crippen LogP contribution in [0.15, 0.2) is 0 Å². The van der Waals surface area contributed by atoms with Crippen LogP contribution in [0.25, 0.3) is 0 Å². The van der Waals surface area contributed by atoms with E-state index >= 15 is 0 Å². The largest absolute Gasteiger partial charge is 0.462 e. The van der Waals surface area contributed by atoms with Crippen LogP contribution in [0.4, 0.5) is 22.4 Å². The fourth-order valence-electron chi connectivity index (χ4n) is 0.367. The maximum Gasteiger partial charge on any atom is 0.388 e. The second-order valence-electron chi connectivity index (χ2n) is 2.13. The van der Waals surface area contributed by atoms with E-state index in [0.29, 0.717) is 0 Å². The van der Waals surface area contributed by atoms with Crippen molar-refractivity contribution in [2.45, 2.75) is 12.3 Å². The smallest absolute Gasteiger partial charge is 0.388 e. The molecule has 4 nitrogen and oxygen atoms in total. The van der Waals surface area contributed by atoms with Gasteiger partial charge in [0, 0.05) is 0 Å². The lowest BCUT2D eigenvalue weighted by Crippen LogP contribution is -2.31. The lowest BCUT2D eigenvalue weighted by Gasteiger charge is -2.14. The highest BCUT2D eigenvalue weighted by atomic mass is 31.1. The molecule has 0 saturated heterocycles. The van der Waals surface area contributed by atoms with E-state index in [1.165, 1.54) is 0 Å². The van der Waals surface area contributed by atoms with Gasteiger partial charge in [-0.25, -0.2) is 13.6 Å². The summed E-state index contributed by atoms with van der Waals surface area (Å²) in [5.41, 5.74) is -1.35. The highest BCUT2D eigenvalue weighted by Gasteiger charge is 2.42. The van der Waals surface area contributed by atoms with Crippen LogP contribution in [0.5, 0.6) is 0 Å². The lowest BCUT2D eigenvalue weighted by atomic mass is 10.4. The number of alkyl halides is 4. The fourth-order valence-corrected chi connectivity index (χ4v) is 0.975. The Balaban J connectivity index is 4.06. The van der Waals surface area contributed by atoms with Crippen molar-refractivity contribution >= 4 is 13.7 Å². The lowest BCUT2D eigenvalue weighted by molar-refractivity contribution is -0.147. The van der Waals surface area contributed by atoms with Crippen molar-refractivity contribution in [2.24, 2.45) is 0 Å². The van der Waals surface area contributed by atoms with Crippen molar-refractivity contribution in [1.29, 1.82) is 0 Å². The molecule has 0 aromatic carbocycles. The number of carbonyl (C=O) groups excluding carboxylic acids is 1. The number of methoxy groups -OCH3 is 1. The molecule has 0 aliphatic rings. The van der Waals surface area contributed by atoms with Gasteiger partial charge in [-0.3, -0.25) is 4.57 Å². The zero-order valence-corrected chi connectivity index (χ0v) is 7.93. The first-order valence-electron chi connectivity index (χ1n) is 3.22. The first-order chi connectivity index (χ1) is 6.31. The maximum absolute atomic E-state index is 12.1. The highest BCUT2D eigenvalue weighted by molar-refractivity contribution is 7.58. The summed E-state index contributed by atoms with van der Waals surface area (Å²) < 4.78 is 65.5. The van der Waals surface area contributed by atoms with Crippen LogP contribution in [0.3, 0.4) is 0 Å². The maximum atomic E-state index is 12.1. The Bertz CT molecular complexity index is 232. The van der Waals surface area contributed by atoms with E-state index in [1.54, 1.807) is 0 Å². The molecule has 0 aromatic heterocycles. The molecule has 0 spiro atoms.